The molecule has 0 bridgehead atoms. The molecule has 0 atom stereocenters. The summed E-state index contributed by atoms with van der Waals surface area (Å²) in [5.41, 5.74) is -1.53. The van der Waals surface area contributed by atoms with Gasteiger partial charge < -0.3 is 24.6 Å². The maximum Gasteiger partial charge on any atom is 0.419 e. The predicted octanol–water partition coefficient (Wildman–Crippen LogP) is 2.28. The standard InChI is InChI=1S/C17H24F3N5O4/c1-16(2,3)29-14(26)21-4-9-28-15(27)25-7-5-24(6-8-25)13-22-10-12(11-23-13)17(18,19)20/h10-11H,4-9H2,1-3H3,(H,21,26). The SMILES string of the molecule is CC(C)(C)OC(=O)NCCOC(=O)N1CCN(c2ncc(C(F)(F)F)cn2)CC1. The Hall–Kier alpha value is -2.79. The number of piperazine rings is 1. The highest BCUT2D eigenvalue weighted by Gasteiger charge is 2.32. The molecular formula is C17H24F3N5O4. The van der Waals surface area contributed by atoms with Gasteiger partial charge in [0.15, 0.2) is 0 Å². The fourth-order valence-corrected chi connectivity index (χ4v) is 2.42. The first kappa shape index (κ1) is 22.5. The van der Waals surface area contributed by atoms with Crippen molar-refractivity contribution in [3.05, 3.63) is 18.0 Å². The summed E-state index contributed by atoms with van der Waals surface area (Å²) in [5, 5.41) is 2.48. The number of hydrogen-bond acceptors (Lipinski definition) is 7. The number of alkyl halides is 3. The second kappa shape index (κ2) is 9.14. The first-order chi connectivity index (χ1) is 13.5. The van der Waals surface area contributed by atoms with E-state index < -0.39 is 29.5 Å². The average molecular weight is 419 g/mol. The van der Waals surface area contributed by atoms with Gasteiger partial charge in [-0.2, -0.15) is 13.2 Å². The highest BCUT2D eigenvalue weighted by molar-refractivity contribution is 5.69. The summed E-state index contributed by atoms with van der Waals surface area (Å²) in [6.45, 7) is 6.64. The minimum Gasteiger partial charge on any atom is -0.448 e. The molecule has 1 aliphatic rings. The Bertz CT molecular complexity index is 699. The summed E-state index contributed by atoms with van der Waals surface area (Å²) in [6, 6.07) is 0. The molecule has 12 heteroatoms. The van der Waals surface area contributed by atoms with Gasteiger partial charge in [-0.15, -0.1) is 0 Å². The van der Waals surface area contributed by atoms with E-state index >= 15 is 0 Å². The molecule has 0 unspecified atom stereocenters. The number of nitrogens with one attached hydrogen (secondary N) is 1. The third-order valence-electron chi connectivity index (χ3n) is 3.78. The minimum absolute atomic E-state index is 0.0136. The molecule has 9 nitrogen and oxygen atoms in total. The average Bonchev–Trinajstić information content (AvgIpc) is 2.63. The summed E-state index contributed by atoms with van der Waals surface area (Å²) >= 11 is 0. The first-order valence-corrected chi connectivity index (χ1v) is 8.98. The van der Waals surface area contributed by atoms with Crippen molar-refractivity contribution in [2.75, 3.05) is 44.2 Å². The summed E-state index contributed by atoms with van der Waals surface area (Å²) in [6.07, 6.45) is -4.15. The quantitative estimate of drug-likeness (QED) is 0.748. The van der Waals surface area contributed by atoms with E-state index in [1.807, 2.05) is 0 Å². The Labute approximate surface area is 166 Å². The maximum absolute atomic E-state index is 12.6. The van der Waals surface area contributed by atoms with Crippen LogP contribution in [0.5, 0.6) is 0 Å². The van der Waals surface area contributed by atoms with Gasteiger partial charge in [0.25, 0.3) is 0 Å². The van der Waals surface area contributed by atoms with Crippen LogP contribution in [0.2, 0.25) is 0 Å². The largest absolute Gasteiger partial charge is 0.448 e. The van der Waals surface area contributed by atoms with Crippen molar-refractivity contribution < 1.29 is 32.2 Å². The van der Waals surface area contributed by atoms with Crippen LogP contribution in [-0.2, 0) is 15.7 Å². The zero-order chi connectivity index (χ0) is 21.7. The Morgan fingerprint density at radius 1 is 1.10 bits per heavy atom. The molecule has 0 saturated carbocycles. The lowest BCUT2D eigenvalue weighted by Gasteiger charge is -2.34. The number of ether oxygens (including phenoxy) is 2. The van der Waals surface area contributed by atoms with Crippen LogP contribution in [0.25, 0.3) is 0 Å². The Balaban J connectivity index is 1.70. The van der Waals surface area contributed by atoms with E-state index in [-0.39, 0.29) is 19.1 Å². The van der Waals surface area contributed by atoms with Crippen molar-refractivity contribution in [1.82, 2.24) is 20.2 Å². The van der Waals surface area contributed by atoms with Crippen molar-refractivity contribution in [3.63, 3.8) is 0 Å². The molecule has 2 rings (SSSR count). The molecule has 0 aromatic carbocycles. The van der Waals surface area contributed by atoms with Gasteiger partial charge in [-0.25, -0.2) is 19.6 Å². The third kappa shape index (κ3) is 7.27. The van der Waals surface area contributed by atoms with Crippen LogP contribution >= 0.6 is 0 Å². The monoisotopic (exact) mass is 419 g/mol. The maximum atomic E-state index is 12.6. The van der Waals surface area contributed by atoms with Crippen molar-refractivity contribution in [2.24, 2.45) is 0 Å². The number of amides is 2. The molecule has 0 aliphatic carbocycles. The molecule has 1 aromatic rings. The molecule has 0 spiro atoms. The van der Waals surface area contributed by atoms with Crippen LogP contribution in [0.3, 0.4) is 0 Å². The number of aromatic nitrogens is 2. The van der Waals surface area contributed by atoms with Crippen LogP contribution in [0, 0.1) is 0 Å². The van der Waals surface area contributed by atoms with E-state index in [0.717, 1.165) is 12.4 Å². The third-order valence-corrected chi connectivity index (χ3v) is 3.78. The van der Waals surface area contributed by atoms with Crippen LogP contribution < -0.4 is 10.2 Å². The minimum atomic E-state index is -4.49. The Kier molecular flexibility index (Phi) is 7.09. The predicted molar refractivity (Wildman–Crippen MR) is 96.4 cm³/mol. The number of hydrogen-bond donors (Lipinski definition) is 1. The molecule has 1 N–H and O–H groups in total. The van der Waals surface area contributed by atoms with Gasteiger partial charge in [0.2, 0.25) is 5.95 Å². The molecule has 0 radical (unpaired) electrons. The van der Waals surface area contributed by atoms with Gasteiger partial charge in [0.05, 0.1) is 12.1 Å². The Morgan fingerprint density at radius 3 is 2.21 bits per heavy atom. The molecule has 1 aliphatic heterocycles. The van der Waals surface area contributed by atoms with Crippen molar-refractivity contribution >= 4 is 18.1 Å². The van der Waals surface area contributed by atoms with E-state index in [2.05, 4.69) is 15.3 Å². The summed E-state index contributed by atoms with van der Waals surface area (Å²) in [4.78, 5) is 34.2. The zero-order valence-corrected chi connectivity index (χ0v) is 16.5. The highest BCUT2D eigenvalue weighted by atomic mass is 19.4. The molecule has 162 valence electrons. The van der Waals surface area contributed by atoms with Crippen LogP contribution in [0.4, 0.5) is 28.7 Å². The lowest BCUT2D eigenvalue weighted by molar-refractivity contribution is -0.138. The fourth-order valence-electron chi connectivity index (χ4n) is 2.42. The second-order valence-electron chi connectivity index (χ2n) is 7.29. The van der Waals surface area contributed by atoms with E-state index in [1.54, 1.807) is 25.7 Å². The van der Waals surface area contributed by atoms with Crippen molar-refractivity contribution in [2.45, 2.75) is 32.5 Å². The van der Waals surface area contributed by atoms with E-state index in [4.69, 9.17) is 9.47 Å². The van der Waals surface area contributed by atoms with E-state index in [1.165, 1.54) is 4.90 Å². The number of halogens is 3. The molecule has 2 amide bonds. The summed E-state index contributed by atoms with van der Waals surface area (Å²) in [5.74, 6) is 0.174. The van der Waals surface area contributed by atoms with Gasteiger partial charge in [0.1, 0.15) is 12.2 Å². The lowest BCUT2D eigenvalue weighted by Crippen LogP contribution is -2.49. The van der Waals surface area contributed by atoms with Gasteiger partial charge in [-0.1, -0.05) is 0 Å². The van der Waals surface area contributed by atoms with Gasteiger partial charge in [-0.3, -0.25) is 0 Å². The number of anilines is 1. The molecule has 1 saturated heterocycles. The van der Waals surface area contributed by atoms with Gasteiger partial charge >= 0.3 is 18.4 Å². The Morgan fingerprint density at radius 2 is 1.69 bits per heavy atom. The number of carbonyl (C=O) groups is 2. The molecule has 1 fully saturated rings. The molecular weight excluding hydrogens is 395 g/mol. The number of alkyl carbamates (subject to hydrolysis) is 1. The van der Waals surface area contributed by atoms with E-state index in [0.29, 0.717) is 26.2 Å². The van der Waals surface area contributed by atoms with E-state index in [9.17, 15) is 22.8 Å². The van der Waals surface area contributed by atoms with Crippen LogP contribution in [0.1, 0.15) is 26.3 Å². The summed E-state index contributed by atoms with van der Waals surface area (Å²) < 4.78 is 47.9. The fraction of sp³-hybridized carbons (Fsp3) is 0.647. The topological polar surface area (TPSA) is 96.9 Å². The first-order valence-electron chi connectivity index (χ1n) is 8.98. The molecule has 29 heavy (non-hydrogen) atoms. The van der Waals surface area contributed by atoms with Gasteiger partial charge in [0, 0.05) is 38.6 Å². The summed E-state index contributed by atoms with van der Waals surface area (Å²) in [7, 11) is 0. The molecule has 2 heterocycles. The number of rotatable bonds is 4. The van der Waals surface area contributed by atoms with Crippen molar-refractivity contribution in [1.29, 1.82) is 0 Å². The normalized spacial score (nSPS) is 15.1. The van der Waals surface area contributed by atoms with Crippen LogP contribution in [0.15, 0.2) is 12.4 Å². The number of carbonyl (C=O) groups excluding carboxylic acids is 2. The second-order valence-corrected chi connectivity index (χ2v) is 7.29. The van der Waals surface area contributed by atoms with Crippen molar-refractivity contribution in [3.8, 4) is 0 Å². The smallest absolute Gasteiger partial charge is 0.419 e. The highest BCUT2D eigenvalue weighted by Crippen LogP contribution is 2.28. The molecule has 1 aromatic heterocycles. The van der Waals surface area contributed by atoms with Crippen LogP contribution in [-0.4, -0.2) is 72.0 Å². The number of nitrogens with zero attached hydrogens (tertiary/aromatic N) is 4. The van der Waals surface area contributed by atoms with Gasteiger partial charge in [-0.05, 0) is 20.8 Å². The zero-order valence-electron chi connectivity index (χ0n) is 16.5. The lowest BCUT2D eigenvalue weighted by atomic mass is 10.2.